The van der Waals surface area contributed by atoms with Gasteiger partial charge in [0.2, 0.25) is 0 Å². The van der Waals surface area contributed by atoms with Crippen LogP contribution in [0.4, 0.5) is 13.2 Å². The molecule has 0 bridgehead atoms. The second-order valence-electron chi connectivity index (χ2n) is 3.27. The number of rotatable bonds is 4. The van der Waals surface area contributed by atoms with Crippen molar-refractivity contribution in [3.63, 3.8) is 0 Å². The number of alkyl halides is 3. The van der Waals surface area contributed by atoms with Crippen LogP contribution in [0.5, 0.6) is 0 Å². The Morgan fingerprint density at radius 2 is 1.88 bits per heavy atom. The van der Waals surface area contributed by atoms with E-state index in [9.17, 15) is 13.2 Å². The smallest absolute Gasteiger partial charge is 0.419 e. The van der Waals surface area contributed by atoms with Crippen LogP contribution < -0.4 is 0 Å². The fourth-order valence-corrected chi connectivity index (χ4v) is 1.12. The summed E-state index contributed by atoms with van der Waals surface area (Å²) in [5, 5.41) is 0. The van der Waals surface area contributed by atoms with Crippen molar-refractivity contribution in [3.8, 4) is 0 Å². The van der Waals surface area contributed by atoms with Crippen molar-refractivity contribution in [1.29, 1.82) is 0 Å². The Morgan fingerprint density at radius 3 is 2.41 bits per heavy atom. The molecule has 1 nitrogen and oxygen atoms in total. The van der Waals surface area contributed by atoms with Gasteiger partial charge in [0, 0.05) is 0 Å². The Labute approximate surface area is 98.2 Å². The molecule has 92 valence electrons. The van der Waals surface area contributed by atoms with Crippen LogP contribution in [0.15, 0.2) is 48.2 Å². The van der Waals surface area contributed by atoms with Crippen LogP contribution in [0.1, 0.15) is 12.5 Å². The molecule has 0 fully saturated rings. The van der Waals surface area contributed by atoms with Gasteiger partial charge in [-0.2, -0.15) is 13.2 Å². The quantitative estimate of drug-likeness (QED) is 0.568. The molecular formula is C13H13F3O. The summed E-state index contributed by atoms with van der Waals surface area (Å²) in [7, 11) is 0. The third-order valence-electron chi connectivity index (χ3n) is 1.96. The van der Waals surface area contributed by atoms with E-state index in [1.54, 1.807) is 37.3 Å². The normalized spacial score (nSPS) is 13.1. The number of hydrogen-bond donors (Lipinski definition) is 0. The summed E-state index contributed by atoms with van der Waals surface area (Å²) in [5.74, 6) is 0. The molecule has 0 aliphatic heterocycles. The van der Waals surface area contributed by atoms with Crippen LogP contribution in [0, 0.1) is 0 Å². The molecule has 0 radical (unpaired) electrons. The molecule has 0 spiro atoms. The second kappa shape index (κ2) is 6.13. The van der Waals surface area contributed by atoms with Crippen molar-refractivity contribution >= 4 is 6.08 Å². The van der Waals surface area contributed by atoms with Gasteiger partial charge < -0.3 is 4.74 Å². The number of hydrogen-bond acceptors (Lipinski definition) is 1. The summed E-state index contributed by atoms with van der Waals surface area (Å²) >= 11 is 0. The molecule has 0 unspecified atom stereocenters. The first-order valence-electron chi connectivity index (χ1n) is 5.16. The Kier molecular flexibility index (Phi) is 4.82. The largest absolute Gasteiger partial charge is 0.501 e. The maximum atomic E-state index is 12.5. The first-order valence-corrected chi connectivity index (χ1v) is 5.16. The third-order valence-corrected chi connectivity index (χ3v) is 1.96. The number of halogens is 3. The highest BCUT2D eigenvalue weighted by Crippen LogP contribution is 2.27. The summed E-state index contributed by atoms with van der Waals surface area (Å²) < 4.78 is 42.3. The fourth-order valence-electron chi connectivity index (χ4n) is 1.12. The van der Waals surface area contributed by atoms with Gasteiger partial charge in [-0.3, -0.25) is 0 Å². The maximum absolute atomic E-state index is 12.5. The molecule has 1 aromatic rings. The number of ether oxygens (including phenoxy) is 1. The van der Waals surface area contributed by atoms with Crippen LogP contribution in [0.2, 0.25) is 0 Å². The monoisotopic (exact) mass is 242 g/mol. The van der Waals surface area contributed by atoms with Gasteiger partial charge in [-0.15, -0.1) is 0 Å². The minimum Gasteiger partial charge on any atom is -0.501 e. The summed E-state index contributed by atoms with van der Waals surface area (Å²) in [6.07, 6.45) is -1.26. The predicted molar refractivity (Wildman–Crippen MR) is 61.2 cm³/mol. The van der Waals surface area contributed by atoms with E-state index >= 15 is 0 Å². The minimum absolute atomic E-state index is 0.207. The van der Waals surface area contributed by atoms with Crippen LogP contribution >= 0.6 is 0 Å². The third kappa shape index (κ3) is 4.76. The van der Waals surface area contributed by atoms with Crippen molar-refractivity contribution in [3.05, 3.63) is 53.8 Å². The average Bonchev–Trinajstić information content (AvgIpc) is 2.29. The van der Waals surface area contributed by atoms with Gasteiger partial charge in [0.15, 0.2) is 0 Å². The molecule has 1 aromatic carbocycles. The van der Waals surface area contributed by atoms with Crippen molar-refractivity contribution < 1.29 is 17.9 Å². The summed E-state index contributed by atoms with van der Waals surface area (Å²) in [6.45, 7) is 1.84. The van der Waals surface area contributed by atoms with E-state index in [0.717, 1.165) is 12.3 Å². The number of benzene rings is 1. The number of allylic oxidation sites excluding steroid dienone is 2. The Morgan fingerprint density at radius 1 is 1.24 bits per heavy atom. The van der Waals surface area contributed by atoms with Gasteiger partial charge in [-0.1, -0.05) is 36.4 Å². The molecule has 0 aromatic heterocycles. The SMILES string of the molecule is CCO/C=C(/C=C/c1ccccc1)C(F)(F)F. The van der Waals surface area contributed by atoms with Gasteiger partial charge in [0.1, 0.15) is 0 Å². The topological polar surface area (TPSA) is 9.23 Å². The maximum Gasteiger partial charge on any atom is 0.419 e. The molecule has 0 heterocycles. The van der Waals surface area contributed by atoms with Crippen molar-refractivity contribution in [2.75, 3.05) is 6.61 Å². The standard InChI is InChI=1S/C13H13F3O/c1-2-17-10-12(13(14,15)16)9-8-11-6-4-3-5-7-11/h3-10H,2H2,1H3/b9-8+,12-10-. The van der Waals surface area contributed by atoms with E-state index in [1.807, 2.05) is 0 Å². The highest BCUT2D eigenvalue weighted by molar-refractivity contribution is 5.53. The molecule has 4 heteroatoms. The molecule has 0 saturated heterocycles. The molecule has 0 saturated carbocycles. The van der Waals surface area contributed by atoms with Crippen molar-refractivity contribution in [1.82, 2.24) is 0 Å². The highest BCUT2D eigenvalue weighted by atomic mass is 19.4. The van der Waals surface area contributed by atoms with Crippen molar-refractivity contribution in [2.45, 2.75) is 13.1 Å². The van der Waals surface area contributed by atoms with E-state index < -0.39 is 11.7 Å². The molecule has 1 rings (SSSR count). The average molecular weight is 242 g/mol. The summed E-state index contributed by atoms with van der Waals surface area (Å²) in [5.41, 5.74) is -0.0950. The molecule has 0 aliphatic rings. The van der Waals surface area contributed by atoms with E-state index in [2.05, 4.69) is 4.74 Å². The molecule has 0 N–H and O–H groups in total. The first kappa shape index (κ1) is 13.4. The Hall–Kier alpha value is -1.71. The van der Waals surface area contributed by atoms with Gasteiger partial charge in [0.05, 0.1) is 18.4 Å². The lowest BCUT2D eigenvalue weighted by Crippen LogP contribution is -2.10. The van der Waals surface area contributed by atoms with Gasteiger partial charge in [0.25, 0.3) is 0 Å². The Bertz CT molecular complexity index is 391. The lowest BCUT2D eigenvalue weighted by atomic mass is 10.1. The zero-order valence-electron chi connectivity index (χ0n) is 9.37. The van der Waals surface area contributed by atoms with E-state index in [1.165, 1.54) is 6.08 Å². The van der Waals surface area contributed by atoms with Gasteiger partial charge >= 0.3 is 6.18 Å². The first-order chi connectivity index (χ1) is 8.04. The van der Waals surface area contributed by atoms with Crippen LogP contribution in [-0.2, 0) is 4.74 Å². The summed E-state index contributed by atoms with van der Waals surface area (Å²) in [6, 6.07) is 8.78. The van der Waals surface area contributed by atoms with Crippen LogP contribution in [0.3, 0.4) is 0 Å². The molecular weight excluding hydrogens is 229 g/mol. The predicted octanol–water partition coefficient (Wildman–Crippen LogP) is 4.18. The van der Waals surface area contributed by atoms with Gasteiger partial charge in [-0.05, 0) is 18.6 Å². The van der Waals surface area contributed by atoms with Crippen LogP contribution in [-0.4, -0.2) is 12.8 Å². The molecule has 17 heavy (non-hydrogen) atoms. The second-order valence-corrected chi connectivity index (χ2v) is 3.27. The Balaban J connectivity index is 2.84. The summed E-state index contributed by atoms with van der Waals surface area (Å²) in [4.78, 5) is 0. The molecule has 0 aliphatic carbocycles. The van der Waals surface area contributed by atoms with E-state index in [-0.39, 0.29) is 6.61 Å². The fraction of sp³-hybridized carbons (Fsp3) is 0.231. The highest BCUT2D eigenvalue weighted by Gasteiger charge is 2.32. The lowest BCUT2D eigenvalue weighted by molar-refractivity contribution is -0.0901. The molecule has 0 amide bonds. The minimum atomic E-state index is -4.40. The van der Waals surface area contributed by atoms with Crippen LogP contribution in [0.25, 0.3) is 6.08 Å². The van der Waals surface area contributed by atoms with Crippen molar-refractivity contribution in [2.24, 2.45) is 0 Å². The zero-order chi connectivity index (χ0) is 12.7. The molecule has 0 atom stereocenters. The zero-order valence-corrected chi connectivity index (χ0v) is 9.37. The van der Waals surface area contributed by atoms with Gasteiger partial charge in [-0.25, -0.2) is 0 Å². The van der Waals surface area contributed by atoms with E-state index in [0.29, 0.717) is 5.56 Å². The van der Waals surface area contributed by atoms with E-state index in [4.69, 9.17) is 0 Å². The lowest BCUT2D eigenvalue weighted by Gasteiger charge is -2.07.